The number of rotatable bonds is 4. The first-order valence-electron chi connectivity index (χ1n) is 6.23. The number of nitrogens with one attached hydrogen (secondary N) is 1. The second-order valence-corrected chi connectivity index (χ2v) is 4.52. The van der Waals surface area contributed by atoms with Crippen molar-refractivity contribution in [2.24, 2.45) is 0 Å². The minimum absolute atomic E-state index is 0.404. The second kappa shape index (κ2) is 6.02. The molecule has 0 aliphatic heterocycles. The van der Waals surface area contributed by atoms with Crippen LogP contribution >= 0.6 is 0 Å². The van der Waals surface area contributed by atoms with E-state index in [1.54, 1.807) is 42.5 Å². The zero-order chi connectivity index (χ0) is 14.5. The summed E-state index contributed by atoms with van der Waals surface area (Å²) in [6.45, 7) is 1.92. The number of carbonyl (C=O) groups excluding carboxylic acids is 1. The van der Waals surface area contributed by atoms with E-state index in [0.717, 1.165) is 5.56 Å². The van der Waals surface area contributed by atoms with Crippen LogP contribution in [0, 0.1) is 6.92 Å². The summed E-state index contributed by atoms with van der Waals surface area (Å²) in [7, 11) is 0. The van der Waals surface area contributed by atoms with E-state index < -0.39 is 17.9 Å². The van der Waals surface area contributed by atoms with Crippen molar-refractivity contribution in [3.63, 3.8) is 0 Å². The summed E-state index contributed by atoms with van der Waals surface area (Å²) in [5.74, 6) is -1.49. The van der Waals surface area contributed by atoms with Gasteiger partial charge in [0.25, 0.3) is 5.91 Å². The van der Waals surface area contributed by atoms with Crippen molar-refractivity contribution in [3.05, 3.63) is 71.3 Å². The average Bonchev–Trinajstić information content (AvgIpc) is 2.46. The van der Waals surface area contributed by atoms with Gasteiger partial charge in [0.2, 0.25) is 0 Å². The number of carboxylic acids is 1. The van der Waals surface area contributed by atoms with Crippen LogP contribution in [0.4, 0.5) is 0 Å². The molecule has 1 amide bonds. The van der Waals surface area contributed by atoms with Gasteiger partial charge in [-0.3, -0.25) is 4.79 Å². The quantitative estimate of drug-likeness (QED) is 0.896. The Kier molecular flexibility index (Phi) is 4.15. The molecule has 2 aromatic carbocycles. The first-order valence-corrected chi connectivity index (χ1v) is 6.23. The Morgan fingerprint density at radius 2 is 1.60 bits per heavy atom. The Labute approximate surface area is 117 Å². The lowest BCUT2D eigenvalue weighted by Crippen LogP contribution is -2.33. The number of aryl methyl sites for hydroxylation is 1. The maximum absolute atomic E-state index is 12.0. The van der Waals surface area contributed by atoms with Gasteiger partial charge in [0.05, 0.1) is 0 Å². The highest BCUT2D eigenvalue weighted by molar-refractivity contribution is 5.96. The number of carbonyl (C=O) groups is 2. The van der Waals surface area contributed by atoms with E-state index in [1.807, 2.05) is 19.1 Å². The monoisotopic (exact) mass is 269 g/mol. The zero-order valence-electron chi connectivity index (χ0n) is 11.0. The van der Waals surface area contributed by atoms with Gasteiger partial charge in [-0.1, -0.05) is 48.0 Å². The average molecular weight is 269 g/mol. The highest BCUT2D eigenvalue weighted by atomic mass is 16.4. The summed E-state index contributed by atoms with van der Waals surface area (Å²) in [5.41, 5.74) is 2.02. The zero-order valence-corrected chi connectivity index (χ0v) is 11.0. The topological polar surface area (TPSA) is 66.4 Å². The summed E-state index contributed by atoms with van der Waals surface area (Å²) >= 11 is 0. The molecule has 0 saturated carbocycles. The largest absolute Gasteiger partial charge is 0.479 e. The molecule has 0 saturated heterocycles. The Morgan fingerprint density at radius 3 is 2.15 bits per heavy atom. The third-order valence-corrected chi connectivity index (χ3v) is 2.97. The van der Waals surface area contributed by atoms with Crippen molar-refractivity contribution in [1.82, 2.24) is 5.32 Å². The predicted molar refractivity (Wildman–Crippen MR) is 75.5 cm³/mol. The molecule has 0 radical (unpaired) electrons. The molecule has 0 heterocycles. The summed E-state index contributed by atoms with van der Waals surface area (Å²) in [6, 6.07) is 14.5. The third-order valence-electron chi connectivity index (χ3n) is 2.97. The fourth-order valence-electron chi connectivity index (χ4n) is 1.85. The summed E-state index contributed by atoms with van der Waals surface area (Å²) in [5, 5.41) is 11.8. The van der Waals surface area contributed by atoms with E-state index in [0.29, 0.717) is 11.1 Å². The van der Waals surface area contributed by atoms with Crippen LogP contribution < -0.4 is 5.32 Å². The molecule has 2 N–H and O–H groups in total. The molecule has 4 heteroatoms. The molecule has 20 heavy (non-hydrogen) atoms. The first kappa shape index (κ1) is 13.8. The fourth-order valence-corrected chi connectivity index (χ4v) is 1.85. The van der Waals surface area contributed by atoms with Crippen LogP contribution in [-0.2, 0) is 4.79 Å². The Morgan fingerprint density at radius 1 is 1.00 bits per heavy atom. The number of carboxylic acid groups (broad SMARTS) is 1. The second-order valence-electron chi connectivity index (χ2n) is 4.52. The lowest BCUT2D eigenvalue weighted by atomic mass is 10.0. The van der Waals surface area contributed by atoms with Crippen LogP contribution in [0.1, 0.15) is 27.5 Å². The van der Waals surface area contributed by atoms with Gasteiger partial charge in [0.1, 0.15) is 0 Å². The van der Waals surface area contributed by atoms with Gasteiger partial charge < -0.3 is 10.4 Å². The van der Waals surface area contributed by atoms with Gasteiger partial charge in [0, 0.05) is 5.56 Å². The Hall–Kier alpha value is -2.62. The van der Waals surface area contributed by atoms with Gasteiger partial charge in [-0.2, -0.15) is 0 Å². The van der Waals surface area contributed by atoms with Crippen LogP contribution in [-0.4, -0.2) is 17.0 Å². The molecule has 102 valence electrons. The highest BCUT2D eigenvalue weighted by Gasteiger charge is 2.22. The molecular formula is C16H15NO3. The van der Waals surface area contributed by atoms with Gasteiger partial charge in [-0.05, 0) is 24.6 Å². The number of aliphatic carboxylic acids is 1. The number of benzene rings is 2. The minimum Gasteiger partial charge on any atom is -0.479 e. The van der Waals surface area contributed by atoms with Gasteiger partial charge in [0.15, 0.2) is 6.04 Å². The van der Waals surface area contributed by atoms with Crippen LogP contribution in [0.25, 0.3) is 0 Å². The normalized spacial score (nSPS) is 11.7. The van der Waals surface area contributed by atoms with Gasteiger partial charge >= 0.3 is 5.97 Å². The highest BCUT2D eigenvalue weighted by Crippen LogP contribution is 2.15. The van der Waals surface area contributed by atoms with E-state index >= 15 is 0 Å². The lowest BCUT2D eigenvalue weighted by Gasteiger charge is -2.15. The van der Waals surface area contributed by atoms with Crippen molar-refractivity contribution in [2.45, 2.75) is 13.0 Å². The summed E-state index contributed by atoms with van der Waals surface area (Å²) in [6.07, 6.45) is 0. The van der Waals surface area contributed by atoms with Crippen molar-refractivity contribution in [1.29, 1.82) is 0 Å². The van der Waals surface area contributed by atoms with Crippen LogP contribution in [0.15, 0.2) is 54.6 Å². The van der Waals surface area contributed by atoms with E-state index in [1.165, 1.54) is 0 Å². The van der Waals surface area contributed by atoms with E-state index in [4.69, 9.17) is 0 Å². The SMILES string of the molecule is Cc1ccc(C(NC(=O)c2ccccc2)C(=O)O)cc1. The molecule has 2 rings (SSSR count). The molecule has 0 aromatic heterocycles. The molecule has 1 unspecified atom stereocenters. The van der Waals surface area contributed by atoms with Crippen LogP contribution in [0.2, 0.25) is 0 Å². The number of hydrogen-bond donors (Lipinski definition) is 2. The maximum Gasteiger partial charge on any atom is 0.330 e. The maximum atomic E-state index is 12.0. The van der Waals surface area contributed by atoms with Gasteiger partial charge in [-0.15, -0.1) is 0 Å². The standard InChI is InChI=1S/C16H15NO3/c1-11-7-9-12(10-8-11)14(16(19)20)17-15(18)13-5-3-2-4-6-13/h2-10,14H,1H3,(H,17,18)(H,19,20). The minimum atomic E-state index is -1.09. The molecule has 0 aliphatic carbocycles. The van der Waals surface area contributed by atoms with Crippen LogP contribution in [0.5, 0.6) is 0 Å². The summed E-state index contributed by atoms with van der Waals surface area (Å²) in [4.78, 5) is 23.4. The van der Waals surface area contributed by atoms with Crippen molar-refractivity contribution >= 4 is 11.9 Å². The molecule has 2 aromatic rings. The van der Waals surface area contributed by atoms with E-state index in [2.05, 4.69) is 5.32 Å². The first-order chi connectivity index (χ1) is 9.58. The van der Waals surface area contributed by atoms with E-state index in [9.17, 15) is 14.7 Å². The van der Waals surface area contributed by atoms with Crippen LogP contribution in [0.3, 0.4) is 0 Å². The molecule has 0 spiro atoms. The predicted octanol–water partition coefficient (Wildman–Crippen LogP) is 2.55. The van der Waals surface area contributed by atoms with Crippen molar-refractivity contribution < 1.29 is 14.7 Å². The Bertz CT molecular complexity index is 605. The molecule has 0 fully saturated rings. The Balaban J connectivity index is 2.20. The smallest absolute Gasteiger partial charge is 0.330 e. The number of amides is 1. The molecule has 1 atom stereocenters. The molecule has 0 bridgehead atoms. The van der Waals surface area contributed by atoms with Gasteiger partial charge in [-0.25, -0.2) is 4.79 Å². The van der Waals surface area contributed by atoms with E-state index in [-0.39, 0.29) is 0 Å². The third kappa shape index (κ3) is 3.23. The summed E-state index contributed by atoms with van der Waals surface area (Å²) < 4.78 is 0. The lowest BCUT2D eigenvalue weighted by molar-refractivity contribution is -0.139. The number of hydrogen-bond acceptors (Lipinski definition) is 2. The fraction of sp³-hybridized carbons (Fsp3) is 0.125. The van der Waals surface area contributed by atoms with Crippen molar-refractivity contribution in [2.75, 3.05) is 0 Å². The molecule has 4 nitrogen and oxygen atoms in total. The van der Waals surface area contributed by atoms with Crippen molar-refractivity contribution in [3.8, 4) is 0 Å². The molecule has 0 aliphatic rings. The molecular weight excluding hydrogens is 254 g/mol.